The van der Waals surface area contributed by atoms with Crippen LogP contribution < -0.4 is 10.1 Å². The summed E-state index contributed by atoms with van der Waals surface area (Å²) in [4.78, 5) is 22.0. The summed E-state index contributed by atoms with van der Waals surface area (Å²) in [6.07, 6.45) is 0.991. The van der Waals surface area contributed by atoms with E-state index in [9.17, 15) is 9.59 Å². The van der Waals surface area contributed by atoms with Gasteiger partial charge in [0.15, 0.2) is 0 Å². The average molecular weight is 279 g/mol. The minimum atomic E-state index is -0.806. The fourth-order valence-electron chi connectivity index (χ4n) is 1.63. The maximum Gasteiger partial charge on any atom is 0.303 e. The number of nitrogens with one attached hydrogen (secondary N) is 1. The molecule has 0 fully saturated rings. The van der Waals surface area contributed by atoms with Crippen LogP contribution in [0.1, 0.15) is 26.2 Å². The maximum atomic E-state index is 11.6. The van der Waals surface area contributed by atoms with E-state index in [1.54, 1.807) is 0 Å². The molecule has 2 N–H and O–H groups in total. The Morgan fingerprint density at radius 2 is 1.95 bits per heavy atom. The normalized spacial score (nSPS) is 11.7. The second-order valence-electron chi connectivity index (χ2n) is 4.75. The van der Waals surface area contributed by atoms with Gasteiger partial charge in [-0.2, -0.15) is 0 Å². The Balaban J connectivity index is 2.10. The number of carboxylic acids is 1. The summed E-state index contributed by atoms with van der Waals surface area (Å²) >= 11 is 0. The van der Waals surface area contributed by atoms with E-state index in [-0.39, 0.29) is 18.2 Å². The molecule has 0 heterocycles. The van der Waals surface area contributed by atoms with Crippen LogP contribution >= 0.6 is 0 Å². The SMILES string of the molecule is CC(CCC(=O)O)CNC(=O)CCOc1ccccc1. The number of amides is 1. The molecular weight excluding hydrogens is 258 g/mol. The number of benzene rings is 1. The van der Waals surface area contributed by atoms with Gasteiger partial charge in [-0.3, -0.25) is 9.59 Å². The number of rotatable bonds is 9. The van der Waals surface area contributed by atoms with Crippen LogP contribution in [0, 0.1) is 5.92 Å². The highest BCUT2D eigenvalue weighted by Gasteiger charge is 2.08. The molecule has 5 nitrogen and oxygen atoms in total. The van der Waals surface area contributed by atoms with Gasteiger partial charge in [-0.25, -0.2) is 0 Å². The van der Waals surface area contributed by atoms with Crippen LogP contribution in [-0.2, 0) is 9.59 Å². The van der Waals surface area contributed by atoms with Gasteiger partial charge in [-0.15, -0.1) is 0 Å². The molecule has 20 heavy (non-hydrogen) atoms. The lowest BCUT2D eigenvalue weighted by Crippen LogP contribution is -2.29. The first-order chi connectivity index (χ1) is 9.58. The molecule has 1 unspecified atom stereocenters. The van der Waals surface area contributed by atoms with Gasteiger partial charge in [0.2, 0.25) is 5.91 Å². The molecule has 0 spiro atoms. The number of aliphatic carboxylic acids is 1. The number of carboxylic acid groups (broad SMARTS) is 1. The van der Waals surface area contributed by atoms with Gasteiger partial charge in [0.05, 0.1) is 13.0 Å². The summed E-state index contributed by atoms with van der Waals surface area (Å²) in [6.45, 7) is 2.75. The largest absolute Gasteiger partial charge is 0.493 e. The smallest absolute Gasteiger partial charge is 0.303 e. The third kappa shape index (κ3) is 7.41. The van der Waals surface area contributed by atoms with Crippen molar-refractivity contribution in [2.45, 2.75) is 26.2 Å². The molecule has 0 aliphatic carbocycles. The van der Waals surface area contributed by atoms with Crippen molar-refractivity contribution in [2.75, 3.05) is 13.2 Å². The lowest BCUT2D eigenvalue weighted by Gasteiger charge is -2.11. The fourth-order valence-corrected chi connectivity index (χ4v) is 1.63. The molecule has 1 amide bonds. The Morgan fingerprint density at radius 3 is 2.60 bits per heavy atom. The van der Waals surface area contributed by atoms with Gasteiger partial charge in [-0.1, -0.05) is 25.1 Å². The molecule has 0 saturated carbocycles. The summed E-state index contributed by atoms with van der Waals surface area (Å²) in [5.74, 6) is 0.0164. The van der Waals surface area contributed by atoms with E-state index in [1.807, 2.05) is 37.3 Å². The third-order valence-electron chi connectivity index (χ3n) is 2.84. The average Bonchev–Trinajstić information content (AvgIpc) is 2.44. The summed E-state index contributed by atoms with van der Waals surface area (Å²) < 4.78 is 5.42. The van der Waals surface area contributed by atoms with E-state index < -0.39 is 5.97 Å². The number of carbonyl (C=O) groups is 2. The zero-order valence-electron chi connectivity index (χ0n) is 11.7. The zero-order valence-corrected chi connectivity index (χ0v) is 11.7. The van der Waals surface area contributed by atoms with Crippen molar-refractivity contribution in [1.82, 2.24) is 5.32 Å². The van der Waals surface area contributed by atoms with Gasteiger partial charge in [0.1, 0.15) is 5.75 Å². The number of carbonyl (C=O) groups excluding carboxylic acids is 1. The van der Waals surface area contributed by atoms with Crippen LogP contribution in [0.5, 0.6) is 5.75 Å². The van der Waals surface area contributed by atoms with Crippen molar-refractivity contribution in [1.29, 1.82) is 0 Å². The molecular formula is C15H21NO4. The molecule has 5 heteroatoms. The molecule has 0 aliphatic heterocycles. The zero-order chi connectivity index (χ0) is 14.8. The number of hydrogen-bond acceptors (Lipinski definition) is 3. The summed E-state index contributed by atoms with van der Waals surface area (Å²) in [5.41, 5.74) is 0. The lowest BCUT2D eigenvalue weighted by atomic mass is 10.1. The van der Waals surface area contributed by atoms with Crippen molar-refractivity contribution in [3.05, 3.63) is 30.3 Å². The summed E-state index contributed by atoms with van der Waals surface area (Å²) in [5, 5.41) is 11.3. The van der Waals surface area contributed by atoms with Gasteiger partial charge in [0, 0.05) is 13.0 Å². The van der Waals surface area contributed by atoms with Crippen LogP contribution in [0.15, 0.2) is 30.3 Å². The Labute approximate surface area is 118 Å². The van der Waals surface area contributed by atoms with Gasteiger partial charge >= 0.3 is 5.97 Å². The maximum absolute atomic E-state index is 11.6. The molecule has 0 aromatic heterocycles. The van der Waals surface area contributed by atoms with E-state index in [0.29, 0.717) is 26.0 Å². The van der Waals surface area contributed by atoms with E-state index >= 15 is 0 Å². The molecule has 1 aromatic rings. The number of hydrogen-bond donors (Lipinski definition) is 2. The third-order valence-corrected chi connectivity index (χ3v) is 2.84. The highest BCUT2D eigenvalue weighted by Crippen LogP contribution is 2.08. The predicted molar refractivity (Wildman–Crippen MR) is 75.6 cm³/mol. The minimum Gasteiger partial charge on any atom is -0.493 e. The fraction of sp³-hybridized carbons (Fsp3) is 0.467. The van der Waals surface area contributed by atoms with Crippen LogP contribution in [0.25, 0.3) is 0 Å². The molecule has 110 valence electrons. The predicted octanol–water partition coefficient (Wildman–Crippen LogP) is 2.07. The van der Waals surface area contributed by atoms with Crippen LogP contribution in [0.2, 0.25) is 0 Å². The van der Waals surface area contributed by atoms with Crippen LogP contribution in [0.4, 0.5) is 0 Å². The molecule has 0 radical (unpaired) electrons. The van der Waals surface area contributed by atoms with E-state index in [2.05, 4.69) is 5.32 Å². The molecule has 1 aromatic carbocycles. The second-order valence-corrected chi connectivity index (χ2v) is 4.75. The molecule has 1 rings (SSSR count). The van der Waals surface area contributed by atoms with E-state index in [0.717, 1.165) is 5.75 Å². The standard InChI is InChI=1S/C15H21NO4/c1-12(7-8-15(18)19)11-16-14(17)9-10-20-13-5-3-2-4-6-13/h2-6,12H,7-11H2,1H3,(H,16,17)(H,18,19). The lowest BCUT2D eigenvalue weighted by molar-refractivity contribution is -0.137. The Bertz CT molecular complexity index is 419. The highest BCUT2D eigenvalue weighted by atomic mass is 16.5. The highest BCUT2D eigenvalue weighted by molar-refractivity contribution is 5.76. The molecule has 0 saturated heterocycles. The molecule has 0 bridgehead atoms. The first kappa shape index (κ1) is 16.0. The Morgan fingerprint density at radius 1 is 1.25 bits per heavy atom. The summed E-state index contributed by atoms with van der Waals surface area (Å²) in [7, 11) is 0. The van der Waals surface area contributed by atoms with Crippen molar-refractivity contribution in [2.24, 2.45) is 5.92 Å². The van der Waals surface area contributed by atoms with E-state index in [4.69, 9.17) is 9.84 Å². The van der Waals surface area contributed by atoms with E-state index in [1.165, 1.54) is 0 Å². The first-order valence-electron chi connectivity index (χ1n) is 6.74. The van der Waals surface area contributed by atoms with Crippen molar-refractivity contribution < 1.29 is 19.4 Å². The van der Waals surface area contributed by atoms with Gasteiger partial charge in [0.25, 0.3) is 0 Å². The van der Waals surface area contributed by atoms with Crippen molar-refractivity contribution >= 4 is 11.9 Å². The molecule has 0 aliphatic rings. The second kappa shape index (κ2) is 8.96. The van der Waals surface area contributed by atoms with Crippen molar-refractivity contribution in [3.63, 3.8) is 0 Å². The minimum absolute atomic E-state index is 0.0805. The van der Waals surface area contributed by atoms with Crippen LogP contribution in [0.3, 0.4) is 0 Å². The van der Waals surface area contributed by atoms with Crippen molar-refractivity contribution in [3.8, 4) is 5.75 Å². The number of para-hydroxylation sites is 1. The van der Waals surface area contributed by atoms with Gasteiger partial charge in [-0.05, 0) is 24.5 Å². The molecule has 1 atom stereocenters. The Kier molecular flexibility index (Phi) is 7.17. The quantitative estimate of drug-likeness (QED) is 0.725. The Hall–Kier alpha value is -2.04. The monoisotopic (exact) mass is 279 g/mol. The number of ether oxygens (including phenoxy) is 1. The summed E-state index contributed by atoms with van der Waals surface area (Å²) in [6, 6.07) is 9.33. The van der Waals surface area contributed by atoms with Gasteiger partial charge < -0.3 is 15.2 Å². The first-order valence-corrected chi connectivity index (χ1v) is 6.74. The topological polar surface area (TPSA) is 75.6 Å². The van der Waals surface area contributed by atoms with Crippen LogP contribution in [-0.4, -0.2) is 30.1 Å².